The van der Waals surface area contributed by atoms with Crippen molar-refractivity contribution in [2.75, 3.05) is 13.7 Å². The molecule has 1 aromatic carbocycles. The second-order valence-corrected chi connectivity index (χ2v) is 4.84. The van der Waals surface area contributed by atoms with Crippen LogP contribution in [-0.4, -0.2) is 36.0 Å². The molecule has 0 spiro atoms. The summed E-state index contributed by atoms with van der Waals surface area (Å²) in [6, 6.07) is 8.58. The fourth-order valence-corrected chi connectivity index (χ4v) is 2.23. The van der Waals surface area contributed by atoms with Gasteiger partial charge in [-0.3, -0.25) is 4.79 Å². The highest BCUT2D eigenvalue weighted by Crippen LogP contribution is 2.23. The number of hydrogen-bond acceptors (Lipinski definition) is 4. The van der Waals surface area contributed by atoms with Crippen LogP contribution in [0.15, 0.2) is 24.3 Å². The number of rotatable bonds is 4. The van der Waals surface area contributed by atoms with E-state index in [1.54, 1.807) is 26.2 Å². The van der Waals surface area contributed by atoms with Gasteiger partial charge >= 0.3 is 6.03 Å². The van der Waals surface area contributed by atoms with Gasteiger partial charge in [-0.15, -0.1) is 0 Å². The number of hydrogen-bond donors (Lipinski definition) is 1. The number of nitriles is 1. The number of carbonyl (C=O) groups is 2. The fourth-order valence-electron chi connectivity index (χ4n) is 2.23. The molecule has 0 aromatic heterocycles. The largest absolute Gasteiger partial charge is 0.497 e. The summed E-state index contributed by atoms with van der Waals surface area (Å²) in [6.07, 6.45) is 0.365. The van der Waals surface area contributed by atoms with E-state index in [4.69, 9.17) is 10.00 Å². The molecule has 1 N–H and O–H groups in total. The van der Waals surface area contributed by atoms with Crippen LogP contribution in [0.25, 0.3) is 0 Å². The van der Waals surface area contributed by atoms with Gasteiger partial charge in [-0.05, 0) is 24.6 Å². The van der Waals surface area contributed by atoms with Gasteiger partial charge in [-0.25, -0.2) is 9.69 Å². The van der Waals surface area contributed by atoms with Gasteiger partial charge in [0.1, 0.15) is 17.8 Å². The van der Waals surface area contributed by atoms with Gasteiger partial charge in [-0.1, -0.05) is 12.1 Å². The standard InChI is InChI=1S/C14H15N3O3/c1-14(9-10-3-5-11(20-2)6-4-10)12(18)17(8-7-15)13(19)16-14/h3-6H,8-9H2,1-2H3,(H,16,19)/t14-/m1/s1. The first-order chi connectivity index (χ1) is 9.50. The third-order valence-corrected chi connectivity index (χ3v) is 3.29. The molecule has 0 bridgehead atoms. The summed E-state index contributed by atoms with van der Waals surface area (Å²) in [4.78, 5) is 24.9. The van der Waals surface area contributed by atoms with E-state index in [2.05, 4.69) is 5.32 Å². The first-order valence-corrected chi connectivity index (χ1v) is 6.14. The highest BCUT2D eigenvalue weighted by Gasteiger charge is 2.47. The lowest BCUT2D eigenvalue weighted by Crippen LogP contribution is -2.46. The van der Waals surface area contributed by atoms with Crippen LogP contribution in [0.1, 0.15) is 12.5 Å². The predicted molar refractivity (Wildman–Crippen MR) is 71.0 cm³/mol. The van der Waals surface area contributed by atoms with Crippen molar-refractivity contribution in [2.24, 2.45) is 0 Å². The molecule has 1 fully saturated rings. The lowest BCUT2D eigenvalue weighted by atomic mass is 9.93. The van der Waals surface area contributed by atoms with Crippen molar-refractivity contribution in [1.29, 1.82) is 5.26 Å². The van der Waals surface area contributed by atoms with Crippen LogP contribution < -0.4 is 10.1 Å². The highest BCUT2D eigenvalue weighted by atomic mass is 16.5. The quantitative estimate of drug-likeness (QED) is 0.657. The van der Waals surface area contributed by atoms with E-state index in [-0.39, 0.29) is 12.5 Å². The smallest absolute Gasteiger partial charge is 0.325 e. The summed E-state index contributed by atoms with van der Waals surface area (Å²) < 4.78 is 5.07. The summed E-state index contributed by atoms with van der Waals surface area (Å²) in [7, 11) is 1.58. The van der Waals surface area contributed by atoms with E-state index in [1.165, 1.54) is 0 Å². The molecule has 0 radical (unpaired) electrons. The van der Waals surface area contributed by atoms with Gasteiger partial charge in [-0.2, -0.15) is 5.26 Å². The SMILES string of the molecule is COc1ccc(C[C@@]2(C)NC(=O)N(CC#N)C2=O)cc1. The van der Waals surface area contributed by atoms with Crippen molar-refractivity contribution in [2.45, 2.75) is 18.9 Å². The van der Waals surface area contributed by atoms with Crippen molar-refractivity contribution in [3.05, 3.63) is 29.8 Å². The molecule has 6 nitrogen and oxygen atoms in total. The van der Waals surface area contributed by atoms with Gasteiger partial charge in [0.2, 0.25) is 0 Å². The zero-order valence-electron chi connectivity index (χ0n) is 11.3. The molecular weight excluding hydrogens is 258 g/mol. The minimum atomic E-state index is -1.01. The molecule has 20 heavy (non-hydrogen) atoms. The Morgan fingerprint density at radius 2 is 2.00 bits per heavy atom. The van der Waals surface area contributed by atoms with E-state index < -0.39 is 11.6 Å². The molecule has 1 aliphatic rings. The van der Waals surface area contributed by atoms with Gasteiger partial charge < -0.3 is 10.1 Å². The minimum Gasteiger partial charge on any atom is -0.497 e. The second-order valence-electron chi connectivity index (χ2n) is 4.84. The molecule has 1 saturated heterocycles. The molecule has 0 unspecified atom stereocenters. The molecule has 0 aliphatic carbocycles. The third kappa shape index (κ3) is 2.43. The van der Waals surface area contributed by atoms with E-state index in [0.717, 1.165) is 16.2 Å². The van der Waals surface area contributed by atoms with Crippen molar-refractivity contribution in [3.8, 4) is 11.8 Å². The number of benzene rings is 1. The van der Waals surface area contributed by atoms with Crippen LogP contribution in [-0.2, 0) is 11.2 Å². The normalized spacial score (nSPS) is 21.6. The van der Waals surface area contributed by atoms with Gasteiger partial charge in [0.15, 0.2) is 0 Å². The molecule has 2 rings (SSSR count). The van der Waals surface area contributed by atoms with Crippen molar-refractivity contribution in [3.63, 3.8) is 0 Å². The summed E-state index contributed by atoms with van der Waals surface area (Å²) in [5, 5.41) is 11.3. The minimum absolute atomic E-state index is 0.233. The average molecular weight is 273 g/mol. The molecule has 1 aliphatic heterocycles. The topological polar surface area (TPSA) is 82.4 Å². The van der Waals surface area contributed by atoms with Crippen molar-refractivity contribution < 1.29 is 14.3 Å². The number of nitrogens with zero attached hydrogens (tertiary/aromatic N) is 2. The van der Waals surface area contributed by atoms with Crippen molar-refractivity contribution in [1.82, 2.24) is 10.2 Å². The van der Waals surface area contributed by atoms with E-state index in [9.17, 15) is 9.59 Å². The van der Waals surface area contributed by atoms with Crippen molar-refractivity contribution >= 4 is 11.9 Å². The Morgan fingerprint density at radius 1 is 1.35 bits per heavy atom. The molecule has 3 amide bonds. The molecule has 6 heteroatoms. The Balaban J connectivity index is 2.17. The monoisotopic (exact) mass is 273 g/mol. The molecule has 1 heterocycles. The maximum Gasteiger partial charge on any atom is 0.325 e. The highest BCUT2D eigenvalue weighted by molar-refractivity contribution is 6.07. The Hall–Kier alpha value is -2.55. The zero-order chi connectivity index (χ0) is 14.8. The number of methoxy groups -OCH3 is 1. The summed E-state index contributed by atoms with van der Waals surface area (Å²) in [5.41, 5.74) is -0.108. The molecule has 1 aromatic rings. The maximum absolute atomic E-state index is 12.2. The van der Waals surface area contributed by atoms with E-state index in [0.29, 0.717) is 6.42 Å². The van der Waals surface area contributed by atoms with Crippen LogP contribution in [0, 0.1) is 11.3 Å². The lowest BCUT2D eigenvalue weighted by Gasteiger charge is -2.21. The number of carbonyl (C=O) groups excluding carboxylic acids is 2. The zero-order valence-corrected chi connectivity index (χ0v) is 11.3. The average Bonchev–Trinajstić information content (AvgIpc) is 2.63. The maximum atomic E-state index is 12.2. The number of ether oxygens (including phenoxy) is 1. The molecule has 1 atom stereocenters. The van der Waals surface area contributed by atoms with Gasteiger partial charge in [0.25, 0.3) is 5.91 Å². The fraction of sp³-hybridized carbons (Fsp3) is 0.357. The van der Waals surface area contributed by atoms with Gasteiger partial charge in [0, 0.05) is 6.42 Å². The summed E-state index contributed by atoms with van der Waals surface area (Å²) in [6.45, 7) is 1.43. The third-order valence-electron chi connectivity index (χ3n) is 3.29. The Bertz CT molecular complexity index is 576. The molecular formula is C14H15N3O3. The van der Waals surface area contributed by atoms with Crippen LogP contribution >= 0.6 is 0 Å². The predicted octanol–water partition coefficient (Wildman–Crippen LogP) is 1.07. The summed E-state index contributed by atoms with van der Waals surface area (Å²) >= 11 is 0. The van der Waals surface area contributed by atoms with Gasteiger partial charge in [0.05, 0.1) is 13.2 Å². The lowest BCUT2D eigenvalue weighted by molar-refractivity contribution is -0.130. The number of amides is 3. The van der Waals surface area contributed by atoms with Crippen LogP contribution in [0.5, 0.6) is 5.75 Å². The number of imide groups is 1. The number of nitrogens with one attached hydrogen (secondary N) is 1. The second kappa shape index (κ2) is 5.21. The first kappa shape index (κ1) is 13.9. The molecule has 0 saturated carbocycles. The number of urea groups is 1. The molecule has 104 valence electrons. The van der Waals surface area contributed by atoms with Crippen LogP contribution in [0.2, 0.25) is 0 Å². The Morgan fingerprint density at radius 3 is 2.55 bits per heavy atom. The van der Waals surface area contributed by atoms with E-state index >= 15 is 0 Å². The first-order valence-electron chi connectivity index (χ1n) is 6.14. The van der Waals surface area contributed by atoms with Crippen LogP contribution in [0.3, 0.4) is 0 Å². The van der Waals surface area contributed by atoms with Crippen LogP contribution in [0.4, 0.5) is 4.79 Å². The Labute approximate surface area is 116 Å². The van der Waals surface area contributed by atoms with E-state index in [1.807, 2.05) is 18.2 Å². The Kier molecular flexibility index (Phi) is 3.61. The summed E-state index contributed by atoms with van der Waals surface area (Å²) in [5.74, 6) is 0.353.